The number of nitrogen functional groups attached to an aromatic ring is 1. The molecule has 72 valence electrons. The van der Waals surface area contributed by atoms with Crippen LogP contribution in [0.3, 0.4) is 0 Å². The highest BCUT2D eigenvalue weighted by atomic mass is 32.1. The Kier molecular flexibility index (Phi) is 2.13. The molecule has 0 aliphatic carbocycles. The average Bonchev–Trinajstić information content (AvgIpc) is 2.56. The Hall–Kier alpha value is -1.20. The summed E-state index contributed by atoms with van der Waals surface area (Å²) in [6, 6.07) is 3.44. The predicted octanol–water partition coefficient (Wildman–Crippen LogP) is 2.47. The first kappa shape index (κ1) is 9.36. The van der Waals surface area contributed by atoms with Crippen molar-refractivity contribution < 1.29 is 9.90 Å². The van der Waals surface area contributed by atoms with Crippen molar-refractivity contribution >= 4 is 45.7 Å². The predicted molar refractivity (Wildman–Crippen MR) is 60.4 cm³/mol. The molecule has 0 saturated carbocycles. The zero-order chi connectivity index (χ0) is 10.3. The van der Waals surface area contributed by atoms with Gasteiger partial charge in [0.2, 0.25) is 0 Å². The largest absolute Gasteiger partial charge is 0.478 e. The van der Waals surface area contributed by atoms with Crippen molar-refractivity contribution in [1.29, 1.82) is 0 Å². The van der Waals surface area contributed by atoms with Crippen LogP contribution in [-0.2, 0) is 0 Å². The molecule has 0 amide bonds. The number of hydrogen-bond donors (Lipinski definition) is 3. The van der Waals surface area contributed by atoms with Crippen LogP contribution in [0.5, 0.6) is 0 Å². The highest BCUT2D eigenvalue weighted by molar-refractivity contribution is 7.80. The van der Waals surface area contributed by atoms with E-state index in [9.17, 15) is 4.79 Å². The van der Waals surface area contributed by atoms with Gasteiger partial charge in [0.1, 0.15) is 0 Å². The van der Waals surface area contributed by atoms with Crippen molar-refractivity contribution in [2.45, 2.75) is 4.90 Å². The Labute approximate surface area is 89.6 Å². The van der Waals surface area contributed by atoms with Gasteiger partial charge in [0, 0.05) is 21.3 Å². The highest BCUT2D eigenvalue weighted by Crippen LogP contribution is 2.35. The van der Waals surface area contributed by atoms with E-state index >= 15 is 0 Å². The van der Waals surface area contributed by atoms with Crippen LogP contribution in [0, 0.1) is 0 Å². The van der Waals surface area contributed by atoms with Crippen LogP contribution in [0.25, 0.3) is 10.1 Å². The molecule has 0 radical (unpaired) electrons. The van der Waals surface area contributed by atoms with E-state index in [0.717, 1.165) is 4.70 Å². The summed E-state index contributed by atoms with van der Waals surface area (Å²) in [7, 11) is 0. The minimum atomic E-state index is -0.947. The molecule has 1 aromatic heterocycles. The fourth-order valence-electron chi connectivity index (χ4n) is 1.31. The summed E-state index contributed by atoms with van der Waals surface area (Å²) in [5, 5.41) is 11.1. The maximum absolute atomic E-state index is 10.9. The number of carbonyl (C=O) groups is 1. The van der Waals surface area contributed by atoms with Crippen LogP contribution >= 0.6 is 24.0 Å². The lowest BCUT2D eigenvalue weighted by Crippen LogP contribution is -1.94. The summed E-state index contributed by atoms with van der Waals surface area (Å²) in [4.78, 5) is 11.5. The molecule has 1 heterocycles. The van der Waals surface area contributed by atoms with Crippen LogP contribution in [0.2, 0.25) is 0 Å². The molecule has 0 aliphatic heterocycles. The van der Waals surface area contributed by atoms with Gasteiger partial charge in [-0.25, -0.2) is 4.79 Å². The number of carboxylic acid groups (broad SMARTS) is 1. The minimum Gasteiger partial charge on any atom is -0.478 e. The third-order valence-electron chi connectivity index (χ3n) is 1.96. The van der Waals surface area contributed by atoms with Crippen LogP contribution in [-0.4, -0.2) is 11.1 Å². The van der Waals surface area contributed by atoms with Gasteiger partial charge in [-0.15, -0.1) is 24.0 Å². The molecule has 0 atom stereocenters. The lowest BCUT2D eigenvalue weighted by Gasteiger charge is -1.99. The maximum atomic E-state index is 10.9. The second-order valence-electron chi connectivity index (χ2n) is 2.83. The fraction of sp³-hybridized carbons (Fsp3) is 0. The maximum Gasteiger partial charge on any atom is 0.337 e. The lowest BCUT2D eigenvalue weighted by molar-refractivity contribution is 0.0699. The molecule has 3 N–H and O–H groups in total. The molecule has 0 spiro atoms. The number of fused-ring (bicyclic) bond motifs is 1. The smallest absolute Gasteiger partial charge is 0.337 e. The summed E-state index contributed by atoms with van der Waals surface area (Å²) in [5.41, 5.74) is 6.58. The first-order chi connectivity index (χ1) is 6.61. The van der Waals surface area contributed by atoms with Crippen molar-refractivity contribution in [2.75, 3.05) is 5.73 Å². The Bertz CT molecular complexity index is 519. The Balaban J connectivity index is 2.90. The van der Waals surface area contributed by atoms with E-state index in [-0.39, 0.29) is 5.56 Å². The number of thiophene rings is 1. The summed E-state index contributed by atoms with van der Waals surface area (Å²) in [5.74, 6) is -0.947. The zero-order valence-corrected chi connectivity index (χ0v) is 8.73. The Morgan fingerprint density at radius 2 is 2.21 bits per heavy atom. The van der Waals surface area contributed by atoms with E-state index in [1.165, 1.54) is 11.3 Å². The number of rotatable bonds is 1. The van der Waals surface area contributed by atoms with Crippen molar-refractivity contribution in [3.05, 3.63) is 23.1 Å². The quantitative estimate of drug-likeness (QED) is 0.516. The van der Waals surface area contributed by atoms with Crippen molar-refractivity contribution in [3.63, 3.8) is 0 Å². The van der Waals surface area contributed by atoms with Gasteiger partial charge in [-0.3, -0.25) is 0 Å². The summed E-state index contributed by atoms with van der Waals surface area (Å²) in [6.07, 6.45) is 0. The molecule has 2 rings (SSSR count). The molecular formula is C9H7NO2S2. The van der Waals surface area contributed by atoms with E-state index in [1.54, 1.807) is 17.5 Å². The molecular weight excluding hydrogens is 218 g/mol. The lowest BCUT2D eigenvalue weighted by atomic mass is 10.1. The number of thiol groups is 1. The first-order valence-corrected chi connectivity index (χ1v) is 5.16. The Morgan fingerprint density at radius 3 is 2.86 bits per heavy atom. The van der Waals surface area contributed by atoms with Gasteiger partial charge in [-0.2, -0.15) is 0 Å². The third kappa shape index (κ3) is 1.25. The summed E-state index contributed by atoms with van der Waals surface area (Å²) in [6.45, 7) is 0. The van der Waals surface area contributed by atoms with E-state index in [2.05, 4.69) is 12.6 Å². The van der Waals surface area contributed by atoms with Crippen molar-refractivity contribution in [2.24, 2.45) is 0 Å². The molecule has 0 saturated heterocycles. The third-order valence-corrected chi connectivity index (χ3v) is 3.36. The summed E-state index contributed by atoms with van der Waals surface area (Å²) >= 11 is 5.54. The molecule has 14 heavy (non-hydrogen) atoms. The average molecular weight is 225 g/mol. The van der Waals surface area contributed by atoms with E-state index < -0.39 is 5.97 Å². The minimum absolute atomic E-state index is 0.266. The summed E-state index contributed by atoms with van der Waals surface area (Å²) < 4.78 is 0.787. The highest BCUT2D eigenvalue weighted by Gasteiger charge is 2.14. The van der Waals surface area contributed by atoms with Crippen LogP contribution in [0.15, 0.2) is 22.4 Å². The fourth-order valence-corrected chi connectivity index (χ4v) is 2.69. The molecule has 0 bridgehead atoms. The molecule has 0 unspecified atom stereocenters. The Morgan fingerprint density at radius 1 is 1.50 bits per heavy atom. The number of benzene rings is 1. The zero-order valence-electron chi connectivity index (χ0n) is 7.02. The number of hydrogen-bond acceptors (Lipinski definition) is 4. The second-order valence-corrected chi connectivity index (χ2v) is 4.19. The van der Waals surface area contributed by atoms with Gasteiger partial charge in [0.25, 0.3) is 0 Å². The number of anilines is 1. The first-order valence-electron chi connectivity index (χ1n) is 3.83. The number of nitrogens with two attached hydrogens (primary N) is 1. The van der Waals surface area contributed by atoms with Crippen molar-refractivity contribution in [3.8, 4) is 0 Å². The standard InChI is InChI=1S/C9H7NO2S2/c10-5-1-2-6(13)7-4(9(11)12)3-14-8(5)7/h1-3,13H,10H2,(H,11,12). The molecule has 5 heteroatoms. The SMILES string of the molecule is Nc1ccc(S)c2c(C(=O)O)csc12. The van der Waals surface area contributed by atoms with Gasteiger partial charge < -0.3 is 10.8 Å². The van der Waals surface area contributed by atoms with Gasteiger partial charge in [0.15, 0.2) is 0 Å². The van der Waals surface area contributed by atoms with Gasteiger partial charge in [-0.05, 0) is 12.1 Å². The molecule has 3 nitrogen and oxygen atoms in total. The van der Waals surface area contributed by atoms with Gasteiger partial charge in [0.05, 0.1) is 10.3 Å². The van der Waals surface area contributed by atoms with Crippen LogP contribution in [0.4, 0.5) is 5.69 Å². The molecule has 0 aliphatic rings. The molecule has 1 aromatic carbocycles. The topological polar surface area (TPSA) is 63.3 Å². The van der Waals surface area contributed by atoms with E-state index in [0.29, 0.717) is 16.0 Å². The number of aromatic carboxylic acids is 1. The monoisotopic (exact) mass is 225 g/mol. The van der Waals surface area contributed by atoms with Crippen LogP contribution in [0.1, 0.15) is 10.4 Å². The van der Waals surface area contributed by atoms with Crippen LogP contribution < -0.4 is 5.73 Å². The van der Waals surface area contributed by atoms with E-state index in [4.69, 9.17) is 10.8 Å². The van der Waals surface area contributed by atoms with Gasteiger partial charge >= 0.3 is 5.97 Å². The normalized spacial score (nSPS) is 10.6. The number of carboxylic acids is 1. The molecule has 2 aromatic rings. The van der Waals surface area contributed by atoms with Crippen molar-refractivity contribution in [1.82, 2.24) is 0 Å². The molecule has 0 fully saturated rings. The van der Waals surface area contributed by atoms with Gasteiger partial charge in [-0.1, -0.05) is 0 Å². The second kappa shape index (κ2) is 3.18. The van der Waals surface area contributed by atoms with E-state index in [1.807, 2.05) is 0 Å².